The summed E-state index contributed by atoms with van der Waals surface area (Å²) in [7, 11) is 0. The van der Waals surface area contributed by atoms with Crippen molar-refractivity contribution in [2.45, 2.75) is 32.9 Å². The fourth-order valence-corrected chi connectivity index (χ4v) is 3.27. The summed E-state index contributed by atoms with van der Waals surface area (Å²) in [5.41, 5.74) is 3.63. The topological polar surface area (TPSA) is 78.5 Å². The first-order valence-electron chi connectivity index (χ1n) is 9.13. The predicted molar refractivity (Wildman–Crippen MR) is 108 cm³/mol. The van der Waals surface area contributed by atoms with E-state index in [9.17, 15) is 14.4 Å². The van der Waals surface area contributed by atoms with Crippen molar-refractivity contribution >= 4 is 29.5 Å². The van der Waals surface area contributed by atoms with Crippen molar-refractivity contribution in [3.8, 4) is 0 Å². The van der Waals surface area contributed by atoms with Gasteiger partial charge in [-0.25, -0.2) is 0 Å². The summed E-state index contributed by atoms with van der Waals surface area (Å²) in [6.07, 6.45) is 3.82. The standard InChI is InChI=1S/C22H23N3O3/c1-15(26)24-19-9-7-17(8-10-19)14-23-22(28)13-21-20-6-4-3-5-18(20)11-12-25(21)16(2)27/h3-12,21H,13-14H2,1-2H3,(H,23,28)(H,24,26)/t21-/m1/s1. The van der Waals surface area contributed by atoms with Gasteiger partial charge in [-0.15, -0.1) is 0 Å². The average Bonchev–Trinajstić information content (AvgIpc) is 2.67. The second-order valence-electron chi connectivity index (χ2n) is 6.75. The van der Waals surface area contributed by atoms with Crippen LogP contribution in [0, 0.1) is 0 Å². The number of anilines is 1. The van der Waals surface area contributed by atoms with Crippen molar-refractivity contribution in [3.05, 3.63) is 71.4 Å². The molecule has 0 fully saturated rings. The van der Waals surface area contributed by atoms with Crippen LogP contribution in [0.1, 0.15) is 43.0 Å². The van der Waals surface area contributed by atoms with Crippen molar-refractivity contribution in [3.63, 3.8) is 0 Å². The number of amides is 3. The van der Waals surface area contributed by atoms with Crippen molar-refractivity contribution in [2.24, 2.45) is 0 Å². The Morgan fingerprint density at radius 1 is 1.00 bits per heavy atom. The quantitative estimate of drug-likeness (QED) is 0.840. The Balaban J connectivity index is 1.64. The van der Waals surface area contributed by atoms with E-state index >= 15 is 0 Å². The first-order chi connectivity index (χ1) is 13.4. The molecule has 3 rings (SSSR count). The third kappa shape index (κ3) is 4.65. The van der Waals surface area contributed by atoms with Crippen molar-refractivity contribution in [1.29, 1.82) is 0 Å². The van der Waals surface area contributed by atoms with Gasteiger partial charge in [0, 0.05) is 32.3 Å². The first kappa shape index (κ1) is 19.4. The molecule has 1 aliphatic heterocycles. The van der Waals surface area contributed by atoms with Gasteiger partial charge in [0.1, 0.15) is 0 Å². The highest BCUT2D eigenvalue weighted by atomic mass is 16.2. The van der Waals surface area contributed by atoms with Crippen LogP contribution in [0.5, 0.6) is 0 Å². The first-order valence-corrected chi connectivity index (χ1v) is 9.13. The number of nitrogens with zero attached hydrogens (tertiary/aromatic N) is 1. The fraction of sp³-hybridized carbons (Fsp3) is 0.227. The lowest BCUT2D eigenvalue weighted by Crippen LogP contribution is -2.35. The molecule has 1 atom stereocenters. The van der Waals surface area contributed by atoms with Crippen LogP contribution < -0.4 is 10.6 Å². The van der Waals surface area contributed by atoms with Crippen LogP contribution in [0.3, 0.4) is 0 Å². The van der Waals surface area contributed by atoms with Gasteiger partial charge in [-0.3, -0.25) is 14.4 Å². The Morgan fingerprint density at radius 2 is 1.71 bits per heavy atom. The van der Waals surface area contributed by atoms with Crippen LogP contribution in [0.2, 0.25) is 0 Å². The van der Waals surface area contributed by atoms with Crippen molar-refractivity contribution < 1.29 is 14.4 Å². The average molecular weight is 377 g/mol. The molecule has 0 spiro atoms. The minimum absolute atomic E-state index is 0.0999. The normalized spacial score (nSPS) is 14.9. The van der Waals surface area contributed by atoms with E-state index in [0.29, 0.717) is 12.2 Å². The van der Waals surface area contributed by atoms with Crippen LogP contribution in [0.25, 0.3) is 6.08 Å². The molecule has 6 nitrogen and oxygen atoms in total. The highest BCUT2D eigenvalue weighted by molar-refractivity contribution is 5.88. The van der Waals surface area contributed by atoms with Crippen LogP contribution in [0.4, 0.5) is 5.69 Å². The van der Waals surface area contributed by atoms with Gasteiger partial charge in [0.25, 0.3) is 0 Å². The molecule has 0 radical (unpaired) electrons. The molecular formula is C22H23N3O3. The second kappa shape index (κ2) is 8.52. The molecule has 0 saturated carbocycles. The molecule has 1 heterocycles. The number of nitrogens with one attached hydrogen (secondary N) is 2. The van der Waals surface area contributed by atoms with Gasteiger partial charge in [0.15, 0.2) is 0 Å². The Hall–Kier alpha value is -3.41. The highest BCUT2D eigenvalue weighted by Crippen LogP contribution is 2.32. The zero-order chi connectivity index (χ0) is 20.1. The van der Waals surface area contributed by atoms with Gasteiger partial charge in [-0.05, 0) is 34.9 Å². The molecule has 2 aromatic carbocycles. The fourth-order valence-electron chi connectivity index (χ4n) is 3.27. The maximum Gasteiger partial charge on any atom is 0.223 e. The van der Waals surface area contributed by atoms with Gasteiger partial charge in [0.05, 0.1) is 12.5 Å². The van der Waals surface area contributed by atoms with Crippen molar-refractivity contribution in [2.75, 3.05) is 5.32 Å². The maximum absolute atomic E-state index is 12.5. The molecule has 0 unspecified atom stereocenters. The van der Waals surface area contributed by atoms with Crippen LogP contribution in [-0.2, 0) is 20.9 Å². The number of carbonyl (C=O) groups is 3. The molecule has 0 aromatic heterocycles. The van der Waals surface area contributed by atoms with Crippen LogP contribution in [0.15, 0.2) is 54.7 Å². The molecule has 0 bridgehead atoms. The van der Waals surface area contributed by atoms with Gasteiger partial charge in [-0.1, -0.05) is 36.4 Å². The van der Waals surface area contributed by atoms with Gasteiger partial charge < -0.3 is 15.5 Å². The molecule has 144 valence electrons. The minimum atomic E-state index is -0.319. The summed E-state index contributed by atoms with van der Waals surface area (Å²) in [4.78, 5) is 37.2. The van der Waals surface area contributed by atoms with E-state index in [4.69, 9.17) is 0 Å². The smallest absolute Gasteiger partial charge is 0.223 e. The predicted octanol–water partition coefficient (Wildman–Crippen LogP) is 3.23. The summed E-state index contributed by atoms with van der Waals surface area (Å²) in [5, 5.41) is 5.61. The molecular weight excluding hydrogens is 354 g/mol. The van der Waals surface area contributed by atoms with E-state index < -0.39 is 0 Å². The van der Waals surface area contributed by atoms with Gasteiger partial charge >= 0.3 is 0 Å². The summed E-state index contributed by atoms with van der Waals surface area (Å²) in [5.74, 6) is -0.359. The third-order valence-corrected chi connectivity index (χ3v) is 4.61. The highest BCUT2D eigenvalue weighted by Gasteiger charge is 2.27. The van der Waals surface area contributed by atoms with E-state index in [1.54, 1.807) is 23.2 Å². The summed E-state index contributed by atoms with van der Waals surface area (Å²) in [6.45, 7) is 3.33. The molecule has 0 aliphatic carbocycles. The molecule has 0 saturated heterocycles. The summed E-state index contributed by atoms with van der Waals surface area (Å²) in [6, 6.07) is 14.8. The maximum atomic E-state index is 12.5. The lowest BCUT2D eigenvalue weighted by molar-refractivity contribution is -0.130. The third-order valence-electron chi connectivity index (χ3n) is 4.61. The Morgan fingerprint density at radius 3 is 2.39 bits per heavy atom. The summed E-state index contributed by atoms with van der Waals surface area (Å²) < 4.78 is 0. The zero-order valence-corrected chi connectivity index (χ0v) is 15.9. The molecule has 6 heteroatoms. The number of benzene rings is 2. The number of carbonyl (C=O) groups excluding carboxylic acids is 3. The molecule has 28 heavy (non-hydrogen) atoms. The second-order valence-corrected chi connectivity index (χ2v) is 6.75. The monoisotopic (exact) mass is 377 g/mol. The van der Waals surface area contributed by atoms with E-state index in [2.05, 4.69) is 10.6 Å². The zero-order valence-electron chi connectivity index (χ0n) is 15.9. The van der Waals surface area contributed by atoms with Gasteiger partial charge in [0.2, 0.25) is 17.7 Å². The Kier molecular flexibility index (Phi) is 5.89. The Labute approximate surface area is 164 Å². The number of hydrogen-bond acceptors (Lipinski definition) is 3. The van der Waals surface area contributed by atoms with Crippen LogP contribution >= 0.6 is 0 Å². The van der Waals surface area contributed by atoms with E-state index in [1.807, 2.05) is 42.5 Å². The van der Waals surface area contributed by atoms with Crippen molar-refractivity contribution in [1.82, 2.24) is 10.2 Å². The lowest BCUT2D eigenvalue weighted by atomic mass is 9.93. The van der Waals surface area contributed by atoms with E-state index in [-0.39, 0.29) is 30.2 Å². The molecule has 2 aromatic rings. The lowest BCUT2D eigenvalue weighted by Gasteiger charge is -2.32. The molecule has 3 amide bonds. The van der Waals surface area contributed by atoms with Gasteiger partial charge in [-0.2, -0.15) is 0 Å². The summed E-state index contributed by atoms with van der Waals surface area (Å²) >= 11 is 0. The molecule has 1 aliphatic rings. The molecule has 2 N–H and O–H groups in total. The SMILES string of the molecule is CC(=O)Nc1ccc(CNC(=O)C[C@@H]2c3ccccc3C=CN2C(C)=O)cc1. The largest absolute Gasteiger partial charge is 0.352 e. The van der Waals surface area contributed by atoms with Crippen LogP contribution in [-0.4, -0.2) is 22.6 Å². The number of hydrogen-bond donors (Lipinski definition) is 2. The van der Waals surface area contributed by atoms with E-state index in [1.165, 1.54) is 13.8 Å². The minimum Gasteiger partial charge on any atom is -0.352 e. The van der Waals surface area contributed by atoms with E-state index in [0.717, 1.165) is 16.7 Å². The number of fused-ring (bicyclic) bond motifs is 1. The Bertz CT molecular complexity index is 919. The number of rotatable bonds is 5.